The zero-order chi connectivity index (χ0) is 40.3. The van der Waals surface area contributed by atoms with E-state index in [1.54, 1.807) is 0 Å². The molecule has 0 aliphatic heterocycles. The highest BCUT2D eigenvalue weighted by Crippen LogP contribution is 2.44. The molecule has 0 saturated heterocycles. The summed E-state index contributed by atoms with van der Waals surface area (Å²) in [6, 6.07) is 75.5. The van der Waals surface area contributed by atoms with Crippen LogP contribution in [0.15, 0.2) is 223 Å². The molecule has 0 aliphatic carbocycles. The minimum absolute atomic E-state index is 0.822. The maximum absolute atomic E-state index is 6.91. The molecular weight excluding hydrogens is 741 g/mol. The highest BCUT2D eigenvalue weighted by molar-refractivity contribution is 6.23. The molecule has 2 heterocycles. The Morgan fingerprint density at radius 2 is 0.787 bits per heavy atom. The molecular formula is C58H36N2O. The van der Waals surface area contributed by atoms with E-state index >= 15 is 0 Å². The summed E-state index contributed by atoms with van der Waals surface area (Å²) in [4.78, 5) is 10.4. The number of rotatable bonds is 6. The monoisotopic (exact) mass is 776 g/mol. The molecule has 0 radical (unpaired) electrons. The fourth-order valence-electron chi connectivity index (χ4n) is 9.23. The Balaban J connectivity index is 1.07. The van der Waals surface area contributed by atoms with E-state index < -0.39 is 0 Å². The third-order valence-electron chi connectivity index (χ3n) is 12.1. The zero-order valence-corrected chi connectivity index (χ0v) is 33.1. The second kappa shape index (κ2) is 14.3. The highest BCUT2D eigenvalue weighted by Gasteiger charge is 2.20. The largest absolute Gasteiger partial charge is 0.455 e. The topological polar surface area (TPSA) is 38.9 Å². The summed E-state index contributed by atoms with van der Waals surface area (Å²) in [5.41, 5.74) is 16.7. The summed E-state index contributed by atoms with van der Waals surface area (Å²) in [5, 5.41) is 6.71. The predicted molar refractivity (Wildman–Crippen MR) is 254 cm³/mol. The Morgan fingerprint density at radius 1 is 0.295 bits per heavy atom. The molecule has 0 N–H and O–H groups in total. The van der Waals surface area contributed by atoms with E-state index in [9.17, 15) is 0 Å². The minimum atomic E-state index is 0.822. The molecule has 12 rings (SSSR count). The van der Waals surface area contributed by atoms with E-state index in [-0.39, 0.29) is 0 Å². The van der Waals surface area contributed by atoms with Crippen molar-refractivity contribution in [3.8, 4) is 66.9 Å². The molecule has 0 unspecified atom stereocenters. The van der Waals surface area contributed by atoms with Crippen LogP contribution in [-0.2, 0) is 0 Å². The van der Waals surface area contributed by atoms with Crippen LogP contribution in [0, 0.1) is 0 Å². The molecule has 0 amide bonds. The molecule has 0 atom stereocenters. The highest BCUT2D eigenvalue weighted by atomic mass is 16.3. The molecule has 0 fully saturated rings. The summed E-state index contributed by atoms with van der Waals surface area (Å²) < 4.78 is 6.91. The van der Waals surface area contributed by atoms with Crippen molar-refractivity contribution in [2.45, 2.75) is 0 Å². The first-order valence-electron chi connectivity index (χ1n) is 20.7. The minimum Gasteiger partial charge on any atom is -0.455 e. The average Bonchev–Trinajstić information content (AvgIpc) is 3.72. The van der Waals surface area contributed by atoms with E-state index in [1.807, 2.05) is 6.20 Å². The number of nitrogens with zero attached hydrogens (tertiary/aromatic N) is 2. The van der Waals surface area contributed by atoms with Crippen molar-refractivity contribution in [3.63, 3.8) is 0 Å². The summed E-state index contributed by atoms with van der Waals surface area (Å²) >= 11 is 0. The Labute approximate surface area is 352 Å². The lowest BCUT2D eigenvalue weighted by Crippen LogP contribution is -1.92. The van der Waals surface area contributed by atoms with E-state index in [2.05, 4.69) is 212 Å². The van der Waals surface area contributed by atoms with Gasteiger partial charge in [0.15, 0.2) is 0 Å². The van der Waals surface area contributed by atoms with Gasteiger partial charge in [0, 0.05) is 32.7 Å². The van der Waals surface area contributed by atoms with Crippen LogP contribution in [0.3, 0.4) is 0 Å². The van der Waals surface area contributed by atoms with Crippen molar-refractivity contribution < 1.29 is 4.42 Å². The van der Waals surface area contributed by atoms with Crippen LogP contribution in [0.25, 0.3) is 121 Å². The Hall–Kier alpha value is -8.14. The lowest BCUT2D eigenvalue weighted by molar-refractivity contribution is 0.670. The van der Waals surface area contributed by atoms with Crippen molar-refractivity contribution in [1.82, 2.24) is 9.97 Å². The summed E-state index contributed by atoms with van der Waals surface area (Å²) in [6.07, 6.45) is 1.92. The SMILES string of the molecule is c1ccc(-c2ccccc2-c2ccc3oc4c(-c5cccc(-c6cnc7c8ccccc8c8ccccc8c7n6)c5)cc(-c5ccccc5-c5ccccc5)cc4c3c2)cc1. The summed E-state index contributed by atoms with van der Waals surface area (Å²) in [6.45, 7) is 0. The van der Waals surface area contributed by atoms with E-state index in [0.717, 1.165) is 82.8 Å². The van der Waals surface area contributed by atoms with Crippen molar-refractivity contribution >= 4 is 54.5 Å². The van der Waals surface area contributed by atoms with E-state index in [0.29, 0.717) is 0 Å². The third-order valence-corrected chi connectivity index (χ3v) is 12.1. The van der Waals surface area contributed by atoms with Gasteiger partial charge in [0.05, 0.1) is 22.9 Å². The van der Waals surface area contributed by atoms with E-state index in [1.165, 1.54) is 38.6 Å². The fraction of sp³-hybridized carbons (Fsp3) is 0. The Morgan fingerprint density at radius 3 is 1.44 bits per heavy atom. The average molecular weight is 777 g/mol. The van der Waals surface area contributed by atoms with Gasteiger partial charge in [-0.3, -0.25) is 4.98 Å². The molecule has 0 aliphatic rings. The second-order valence-electron chi connectivity index (χ2n) is 15.7. The molecule has 10 aromatic carbocycles. The smallest absolute Gasteiger partial charge is 0.143 e. The van der Waals surface area contributed by atoms with Gasteiger partial charge < -0.3 is 4.42 Å². The molecule has 12 aromatic rings. The van der Waals surface area contributed by atoms with Crippen LogP contribution in [0.5, 0.6) is 0 Å². The van der Waals surface area contributed by atoms with Gasteiger partial charge in [-0.1, -0.05) is 182 Å². The number of hydrogen-bond acceptors (Lipinski definition) is 3. The van der Waals surface area contributed by atoms with Crippen LogP contribution < -0.4 is 0 Å². The van der Waals surface area contributed by atoms with Gasteiger partial charge in [0.25, 0.3) is 0 Å². The molecule has 61 heavy (non-hydrogen) atoms. The molecule has 0 saturated carbocycles. The molecule has 0 bridgehead atoms. The van der Waals surface area contributed by atoms with Crippen LogP contribution in [0.1, 0.15) is 0 Å². The van der Waals surface area contributed by atoms with Gasteiger partial charge in [0.2, 0.25) is 0 Å². The van der Waals surface area contributed by atoms with Gasteiger partial charge in [-0.15, -0.1) is 0 Å². The van der Waals surface area contributed by atoms with Gasteiger partial charge in [0.1, 0.15) is 11.2 Å². The summed E-state index contributed by atoms with van der Waals surface area (Å²) in [7, 11) is 0. The second-order valence-corrected chi connectivity index (χ2v) is 15.7. The number of benzene rings is 10. The van der Waals surface area contributed by atoms with Gasteiger partial charge in [-0.05, 0) is 91.2 Å². The predicted octanol–water partition coefficient (Wildman–Crippen LogP) is 15.8. The fourth-order valence-corrected chi connectivity index (χ4v) is 9.23. The zero-order valence-electron chi connectivity index (χ0n) is 33.1. The maximum Gasteiger partial charge on any atom is 0.143 e. The first-order valence-corrected chi connectivity index (χ1v) is 20.7. The van der Waals surface area contributed by atoms with Crippen LogP contribution in [-0.4, -0.2) is 9.97 Å². The first-order chi connectivity index (χ1) is 30.2. The standard InChI is InChI=1S/C58H36N2O/c1-3-16-37(17-4-1)43-22-7-9-24-45(43)40-30-31-55-52(33-40)53-35-42(46-25-10-8-23-44(46)38-18-5-2-6-19-38)34-51(58(53)61-55)39-20-15-21-41(32-39)54-36-59-56-49-28-13-11-26-47(49)48-27-12-14-29-50(48)57(56)60-54/h1-36H. The number of aromatic nitrogens is 2. The molecule has 2 aromatic heterocycles. The van der Waals surface area contributed by atoms with Crippen molar-refractivity contribution in [1.29, 1.82) is 0 Å². The van der Waals surface area contributed by atoms with Crippen LogP contribution in [0.4, 0.5) is 0 Å². The van der Waals surface area contributed by atoms with Gasteiger partial charge in [-0.2, -0.15) is 0 Å². The van der Waals surface area contributed by atoms with Gasteiger partial charge in [-0.25, -0.2) is 4.98 Å². The lowest BCUT2D eigenvalue weighted by Gasteiger charge is -2.14. The molecule has 3 nitrogen and oxygen atoms in total. The Kier molecular flexibility index (Phi) is 8.17. The number of fused-ring (bicyclic) bond motifs is 9. The first kappa shape index (κ1) is 34.9. The van der Waals surface area contributed by atoms with Crippen LogP contribution >= 0.6 is 0 Å². The molecule has 3 heteroatoms. The maximum atomic E-state index is 6.91. The molecule has 284 valence electrons. The summed E-state index contributed by atoms with van der Waals surface area (Å²) in [5.74, 6) is 0. The lowest BCUT2D eigenvalue weighted by atomic mass is 9.90. The third kappa shape index (κ3) is 5.90. The normalized spacial score (nSPS) is 11.6. The van der Waals surface area contributed by atoms with Crippen molar-refractivity contribution in [2.75, 3.05) is 0 Å². The number of furan rings is 1. The van der Waals surface area contributed by atoms with Gasteiger partial charge >= 0.3 is 0 Å². The van der Waals surface area contributed by atoms with Crippen LogP contribution in [0.2, 0.25) is 0 Å². The molecule has 0 spiro atoms. The Bertz CT molecular complexity index is 3610. The van der Waals surface area contributed by atoms with Crippen molar-refractivity contribution in [2.24, 2.45) is 0 Å². The number of hydrogen-bond donors (Lipinski definition) is 0. The van der Waals surface area contributed by atoms with Crippen molar-refractivity contribution in [3.05, 3.63) is 219 Å². The quantitative estimate of drug-likeness (QED) is 0.158. The van der Waals surface area contributed by atoms with E-state index in [4.69, 9.17) is 14.4 Å².